The predicted octanol–water partition coefficient (Wildman–Crippen LogP) is 1.29. The Balaban J connectivity index is 2.08. The van der Waals surface area contributed by atoms with Gasteiger partial charge in [0.15, 0.2) is 0 Å². The molecule has 0 aliphatic carbocycles. The van der Waals surface area contributed by atoms with Crippen molar-refractivity contribution in [2.45, 2.75) is 6.54 Å². The van der Waals surface area contributed by atoms with Crippen molar-refractivity contribution in [1.82, 2.24) is 9.97 Å². The molecule has 2 aromatic rings. The molecule has 5 nitrogen and oxygen atoms in total. The molecular weight excluding hydrogens is 192 g/mol. The van der Waals surface area contributed by atoms with E-state index in [2.05, 4.69) is 9.97 Å². The average Bonchev–Trinajstić information content (AvgIpc) is 2.71. The normalized spacial score (nSPS) is 10.2. The topological polar surface area (TPSA) is 68.2 Å². The molecule has 0 radical (unpaired) electrons. The van der Waals surface area contributed by atoms with E-state index in [0.29, 0.717) is 12.4 Å². The number of nitrogens with zero attached hydrogens (tertiary/aromatic N) is 3. The van der Waals surface area contributed by atoms with E-state index in [0.717, 1.165) is 11.6 Å². The Morgan fingerprint density at radius 1 is 1.40 bits per heavy atom. The van der Waals surface area contributed by atoms with Gasteiger partial charge in [0.2, 0.25) is 0 Å². The molecule has 0 aliphatic rings. The van der Waals surface area contributed by atoms with Gasteiger partial charge in [0, 0.05) is 7.05 Å². The molecule has 0 saturated heterocycles. The quantitative estimate of drug-likeness (QED) is 0.815. The van der Waals surface area contributed by atoms with Gasteiger partial charge in [-0.05, 0) is 12.1 Å². The summed E-state index contributed by atoms with van der Waals surface area (Å²) in [7, 11) is 1.92. The van der Waals surface area contributed by atoms with Crippen LogP contribution in [0, 0.1) is 0 Å². The van der Waals surface area contributed by atoms with Crippen molar-refractivity contribution in [1.29, 1.82) is 0 Å². The zero-order valence-corrected chi connectivity index (χ0v) is 8.42. The van der Waals surface area contributed by atoms with Gasteiger partial charge in [0.05, 0.1) is 25.2 Å². The van der Waals surface area contributed by atoms with E-state index in [4.69, 9.17) is 10.2 Å². The fourth-order valence-corrected chi connectivity index (χ4v) is 1.25. The van der Waals surface area contributed by atoms with Crippen LogP contribution in [0.25, 0.3) is 0 Å². The summed E-state index contributed by atoms with van der Waals surface area (Å²) in [5, 5.41) is 0. The lowest BCUT2D eigenvalue weighted by molar-refractivity contribution is 0.507. The van der Waals surface area contributed by atoms with Crippen LogP contribution in [-0.4, -0.2) is 17.0 Å². The lowest BCUT2D eigenvalue weighted by atomic mass is 10.4. The predicted molar refractivity (Wildman–Crippen MR) is 57.3 cm³/mol. The Bertz CT molecular complexity index is 409. The van der Waals surface area contributed by atoms with Crippen molar-refractivity contribution < 1.29 is 4.42 Å². The van der Waals surface area contributed by atoms with Gasteiger partial charge in [-0.2, -0.15) is 0 Å². The standard InChI is InChI=1S/C10H12N4O/c1-14(7-8-3-2-4-15-8)10-6-12-9(11)5-13-10/h2-6H,7H2,1H3,(H2,11,12). The Kier molecular flexibility index (Phi) is 2.53. The summed E-state index contributed by atoms with van der Waals surface area (Å²) in [6.07, 6.45) is 4.82. The number of hydrogen-bond acceptors (Lipinski definition) is 5. The fourth-order valence-electron chi connectivity index (χ4n) is 1.25. The summed E-state index contributed by atoms with van der Waals surface area (Å²) in [6.45, 7) is 0.658. The summed E-state index contributed by atoms with van der Waals surface area (Å²) in [5.74, 6) is 2.07. The molecule has 0 saturated carbocycles. The molecule has 2 N–H and O–H groups in total. The molecule has 0 spiro atoms. The summed E-state index contributed by atoms with van der Waals surface area (Å²) >= 11 is 0. The second-order valence-corrected chi connectivity index (χ2v) is 3.23. The first kappa shape index (κ1) is 9.51. The van der Waals surface area contributed by atoms with Gasteiger partial charge in [0.25, 0.3) is 0 Å². The van der Waals surface area contributed by atoms with E-state index in [-0.39, 0.29) is 0 Å². The van der Waals surface area contributed by atoms with Gasteiger partial charge in [-0.25, -0.2) is 9.97 Å². The molecule has 0 unspecified atom stereocenters. The number of nitrogens with two attached hydrogens (primary N) is 1. The summed E-state index contributed by atoms with van der Waals surface area (Å²) < 4.78 is 5.23. The van der Waals surface area contributed by atoms with E-state index in [1.165, 1.54) is 6.20 Å². The van der Waals surface area contributed by atoms with Crippen LogP contribution in [0.2, 0.25) is 0 Å². The Hall–Kier alpha value is -2.04. The van der Waals surface area contributed by atoms with Crippen LogP contribution in [0.3, 0.4) is 0 Å². The second kappa shape index (κ2) is 4.00. The molecule has 0 fully saturated rings. The van der Waals surface area contributed by atoms with E-state index >= 15 is 0 Å². The van der Waals surface area contributed by atoms with Crippen molar-refractivity contribution in [3.63, 3.8) is 0 Å². The molecule has 0 amide bonds. The minimum absolute atomic E-state index is 0.421. The first-order valence-electron chi connectivity index (χ1n) is 4.57. The third-order valence-corrected chi connectivity index (χ3v) is 2.02. The monoisotopic (exact) mass is 204 g/mol. The van der Waals surface area contributed by atoms with Crippen LogP contribution in [0.1, 0.15) is 5.76 Å². The maximum absolute atomic E-state index is 5.45. The van der Waals surface area contributed by atoms with Crippen LogP contribution in [0.4, 0.5) is 11.6 Å². The minimum atomic E-state index is 0.421. The molecule has 15 heavy (non-hydrogen) atoms. The molecule has 5 heteroatoms. The number of aromatic nitrogens is 2. The van der Waals surface area contributed by atoms with Crippen molar-refractivity contribution in [3.8, 4) is 0 Å². The molecule has 2 heterocycles. The van der Waals surface area contributed by atoms with Gasteiger partial charge in [0.1, 0.15) is 17.4 Å². The van der Waals surface area contributed by atoms with Gasteiger partial charge in [-0.15, -0.1) is 0 Å². The fraction of sp³-hybridized carbons (Fsp3) is 0.200. The summed E-state index contributed by atoms with van der Waals surface area (Å²) in [5.41, 5.74) is 5.45. The highest BCUT2D eigenvalue weighted by Crippen LogP contribution is 2.11. The highest BCUT2D eigenvalue weighted by molar-refractivity contribution is 5.38. The van der Waals surface area contributed by atoms with E-state index in [9.17, 15) is 0 Å². The SMILES string of the molecule is CN(Cc1ccco1)c1cnc(N)cn1. The molecule has 78 valence electrons. The molecule has 0 atom stereocenters. The Morgan fingerprint density at radius 2 is 2.27 bits per heavy atom. The lowest BCUT2D eigenvalue weighted by Crippen LogP contribution is -2.17. The Labute approximate surface area is 87.6 Å². The molecule has 0 aliphatic heterocycles. The molecule has 0 aromatic carbocycles. The lowest BCUT2D eigenvalue weighted by Gasteiger charge is -2.15. The van der Waals surface area contributed by atoms with Crippen LogP contribution >= 0.6 is 0 Å². The molecule has 2 aromatic heterocycles. The molecular formula is C10H12N4O. The van der Waals surface area contributed by atoms with Gasteiger partial charge in [-0.1, -0.05) is 0 Å². The van der Waals surface area contributed by atoms with Crippen LogP contribution in [-0.2, 0) is 6.54 Å². The van der Waals surface area contributed by atoms with Gasteiger partial charge < -0.3 is 15.1 Å². The maximum Gasteiger partial charge on any atom is 0.147 e. The smallest absolute Gasteiger partial charge is 0.147 e. The molecule has 2 rings (SSSR count). The van der Waals surface area contributed by atoms with Crippen LogP contribution < -0.4 is 10.6 Å². The van der Waals surface area contributed by atoms with Gasteiger partial charge >= 0.3 is 0 Å². The largest absolute Gasteiger partial charge is 0.467 e. The van der Waals surface area contributed by atoms with E-state index < -0.39 is 0 Å². The highest BCUT2D eigenvalue weighted by atomic mass is 16.3. The average molecular weight is 204 g/mol. The summed E-state index contributed by atoms with van der Waals surface area (Å²) in [4.78, 5) is 10.1. The number of anilines is 2. The third-order valence-electron chi connectivity index (χ3n) is 2.02. The Morgan fingerprint density at radius 3 is 2.87 bits per heavy atom. The number of hydrogen-bond donors (Lipinski definition) is 1. The number of furan rings is 1. The zero-order valence-electron chi connectivity index (χ0n) is 8.42. The van der Waals surface area contributed by atoms with Crippen molar-refractivity contribution >= 4 is 11.6 Å². The van der Waals surface area contributed by atoms with E-state index in [1.54, 1.807) is 12.5 Å². The minimum Gasteiger partial charge on any atom is -0.467 e. The van der Waals surface area contributed by atoms with Crippen LogP contribution in [0.15, 0.2) is 35.2 Å². The zero-order chi connectivity index (χ0) is 10.7. The maximum atomic E-state index is 5.45. The van der Waals surface area contributed by atoms with Crippen molar-refractivity contribution in [2.24, 2.45) is 0 Å². The number of nitrogen functional groups attached to an aromatic ring is 1. The second-order valence-electron chi connectivity index (χ2n) is 3.23. The number of rotatable bonds is 3. The van der Waals surface area contributed by atoms with Crippen molar-refractivity contribution in [3.05, 3.63) is 36.5 Å². The van der Waals surface area contributed by atoms with E-state index in [1.807, 2.05) is 24.1 Å². The van der Waals surface area contributed by atoms with Crippen molar-refractivity contribution in [2.75, 3.05) is 17.7 Å². The first-order chi connectivity index (χ1) is 7.25. The highest BCUT2D eigenvalue weighted by Gasteiger charge is 2.05. The third kappa shape index (κ3) is 2.25. The first-order valence-corrected chi connectivity index (χ1v) is 4.57. The van der Waals surface area contributed by atoms with Crippen LogP contribution in [0.5, 0.6) is 0 Å². The summed E-state index contributed by atoms with van der Waals surface area (Å²) in [6, 6.07) is 3.78. The molecule has 0 bridgehead atoms. The van der Waals surface area contributed by atoms with Gasteiger partial charge in [-0.3, -0.25) is 0 Å².